The van der Waals surface area contributed by atoms with E-state index in [4.69, 9.17) is 27.9 Å². The van der Waals surface area contributed by atoms with Crippen LogP contribution in [0.3, 0.4) is 0 Å². The predicted molar refractivity (Wildman–Crippen MR) is 172 cm³/mol. The van der Waals surface area contributed by atoms with Gasteiger partial charge in [-0.1, -0.05) is 60.5 Å². The molecule has 1 aromatic heterocycles. The van der Waals surface area contributed by atoms with Crippen molar-refractivity contribution in [3.8, 4) is 5.75 Å². The van der Waals surface area contributed by atoms with Crippen LogP contribution in [0, 0.1) is 6.92 Å². The van der Waals surface area contributed by atoms with E-state index in [9.17, 15) is 14.4 Å². The van der Waals surface area contributed by atoms with E-state index in [1.165, 1.54) is 11.0 Å². The molecule has 4 aromatic rings. The van der Waals surface area contributed by atoms with Crippen molar-refractivity contribution in [1.29, 1.82) is 0 Å². The number of rotatable bonds is 11. The molecule has 2 N–H and O–H groups in total. The number of nitrogens with zero attached hydrogens (tertiary/aromatic N) is 2. The van der Waals surface area contributed by atoms with Crippen molar-refractivity contribution in [3.63, 3.8) is 0 Å². The summed E-state index contributed by atoms with van der Waals surface area (Å²) < 4.78 is 6.07. The van der Waals surface area contributed by atoms with Gasteiger partial charge in [0.2, 0.25) is 11.8 Å². The maximum atomic E-state index is 12.9. The van der Waals surface area contributed by atoms with E-state index in [-0.39, 0.29) is 30.0 Å². The summed E-state index contributed by atoms with van der Waals surface area (Å²) in [5.41, 5.74) is 3.82. The molecular formula is C33H32Cl2N4O4. The number of pyridine rings is 1. The molecular weight excluding hydrogens is 587 g/mol. The van der Waals surface area contributed by atoms with Gasteiger partial charge in [0.15, 0.2) is 0 Å². The highest BCUT2D eigenvalue weighted by molar-refractivity contribution is 6.38. The second-order valence-electron chi connectivity index (χ2n) is 9.81. The Morgan fingerprint density at radius 3 is 2.49 bits per heavy atom. The number of carbonyl (C=O) groups is 3. The van der Waals surface area contributed by atoms with Crippen molar-refractivity contribution < 1.29 is 19.1 Å². The quantitative estimate of drug-likeness (QED) is 0.190. The molecule has 3 amide bonds. The Kier molecular flexibility index (Phi) is 10.8. The number of hydrogen-bond donors (Lipinski definition) is 2. The molecule has 0 fully saturated rings. The standard InChI is InChI=1S/C33H32Cl2N4O4/c1-4-18-36-33(42)24-13-9-22(10-14-24)11-17-29(40)37-19-30(41)39(3)27-16-15-26(34)25(31(27)35)20-43-28-7-5-6-23-12-8-21(2)38-32(23)28/h5-17H,4,18-20H2,1-3H3,(H,36,42)(H,37,40)/b17-11+. The number of benzene rings is 3. The lowest BCUT2D eigenvalue weighted by molar-refractivity contribution is -0.122. The molecule has 10 heteroatoms. The topological polar surface area (TPSA) is 101 Å². The first-order chi connectivity index (χ1) is 20.7. The number of fused-ring (bicyclic) bond motifs is 1. The largest absolute Gasteiger partial charge is 0.487 e. The molecule has 0 unspecified atom stereocenters. The van der Waals surface area contributed by atoms with Gasteiger partial charge in [-0.3, -0.25) is 14.4 Å². The van der Waals surface area contributed by atoms with Crippen molar-refractivity contribution in [1.82, 2.24) is 15.6 Å². The van der Waals surface area contributed by atoms with Crippen molar-refractivity contribution in [2.75, 3.05) is 25.0 Å². The van der Waals surface area contributed by atoms with E-state index in [0.717, 1.165) is 28.6 Å². The summed E-state index contributed by atoms with van der Waals surface area (Å²) in [5, 5.41) is 7.01. The fourth-order valence-corrected chi connectivity index (χ4v) is 4.80. The zero-order valence-electron chi connectivity index (χ0n) is 24.1. The molecule has 3 aromatic carbocycles. The summed E-state index contributed by atoms with van der Waals surface area (Å²) in [4.78, 5) is 43.3. The van der Waals surface area contributed by atoms with Gasteiger partial charge in [-0.05, 0) is 61.4 Å². The number of amides is 3. The minimum absolute atomic E-state index is 0.0637. The second-order valence-corrected chi connectivity index (χ2v) is 10.6. The minimum atomic E-state index is -0.443. The monoisotopic (exact) mass is 618 g/mol. The summed E-state index contributed by atoms with van der Waals surface area (Å²) in [6, 6.07) is 19.7. The second kappa shape index (κ2) is 14.7. The first-order valence-corrected chi connectivity index (χ1v) is 14.5. The molecule has 8 nitrogen and oxygen atoms in total. The highest BCUT2D eigenvalue weighted by Gasteiger charge is 2.19. The normalized spacial score (nSPS) is 11.0. The molecule has 0 radical (unpaired) electrons. The predicted octanol–water partition coefficient (Wildman–Crippen LogP) is 6.36. The average molecular weight is 620 g/mol. The van der Waals surface area contributed by atoms with Crippen LogP contribution in [0.2, 0.25) is 10.0 Å². The van der Waals surface area contributed by atoms with Crippen LogP contribution < -0.4 is 20.3 Å². The van der Waals surface area contributed by atoms with Crippen LogP contribution in [-0.2, 0) is 16.2 Å². The third-order valence-corrected chi connectivity index (χ3v) is 7.42. The lowest BCUT2D eigenvalue weighted by Gasteiger charge is -2.21. The molecule has 222 valence electrons. The molecule has 0 spiro atoms. The molecule has 0 saturated carbocycles. The number of likely N-dealkylation sites (N-methyl/N-ethyl adjacent to an activating group) is 1. The molecule has 0 aliphatic carbocycles. The average Bonchev–Trinajstić information content (AvgIpc) is 3.01. The maximum absolute atomic E-state index is 12.9. The van der Waals surface area contributed by atoms with Crippen LogP contribution in [0.1, 0.15) is 40.5 Å². The SMILES string of the molecule is CCCNC(=O)c1ccc(/C=C/C(=O)NCC(=O)N(C)c2ccc(Cl)c(COc3cccc4ccc(C)nc34)c2Cl)cc1. The Labute approximate surface area is 260 Å². The van der Waals surface area contributed by atoms with Crippen molar-refractivity contribution in [2.45, 2.75) is 26.9 Å². The molecule has 43 heavy (non-hydrogen) atoms. The first kappa shape index (κ1) is 31.5. The Morgan fingerprint density at radius 1 is 0.977 bits per heavy atom. The van der Waals surface area contributed by atoms with Crippen molar-refractivity contribution in [3.05, 3.63) is 105 Å². The lowest BCUT2D eigenvalue weighted by atomic mass is 10.1. The number of nitrogens with one attached hydrogen (secondary N) is 2. The van der Waals surface area contributed by atoms with Crippen LogP contribution in [0.5, 0.6) is 5.75 Å². The summed E-state index contributed by atoms with van der Waals surface area (Å²) in [5.74, 6) is -0.376. The van der Waals surface area contributed by atoms with Crippen LogP contribution in [0.4, 0.5) is 5.69 Å². The minimum Gasteiger partial charge on any atom is -0.487 e. The highest BCUT2D eigenvalue weighted by atomic mass is 35.5. The van der Waals surface area contributed by atoms with Crippen LogP contribution >= 0.6 is 23.2 Å². The summed E-state index contributed by atoms with van der Waals surface area (Å²) in [6.45, 7) is 4.32. The molecule has 0 aliphatic rings. The number of para-hydroxylation sites is 1. The van der Waals surface area contributed by atoms with Gasteiger partial charge in [0, 0.05) is 46.9 Å². The Hall–Kier alpha value is -4.40. The van der Waals surface area contributed by atoms with Gasteiger partial charge in [0.1, 0.15) is 17.9 Å². The highest BCUT2D eigenvalue weighted by Crippen LogP contribution is 2.35. The van der Waals surface area contributed by atoms with E-state index in [1.54, 1.807) is 49.5 Å². The maximum Gasteiger partial charge on any atom is 0.251 e. The number of halogens is 2. The van der Waals surface area contributed by atoms with Crippen LogP contribution in [0.25, 0.3) is 17.0 Å². The third-order valence-electron chi connectivity index (χ3n) is 6.65. The number of ether oxygens (including phenoxy) is 1. The van der Waals surface area contributed by atoms with Gasteiger partial charge in [-0.25, -0.2) is 4.98 Å². The van der Waals surface area contributed by atoms with Gasteiger partial charge in [-0.2, -0.15) is 0 Å². The van der Waals surface area contributed by atoms with E-state index >= 15 is 0 Å². The van der Waals surface area contributed by atoms with Gasteiger partial charge < -0.3 is 20.3 Å². The Balaban J connectivity index is 1.36. The zero-order chi connectivity index (χ0) is 30.9. The smallest absolute Gasteiger partial charge is 0.251 e. The number of aromatic nitrogens is 1. The molecule has 4 rings (SSSR count). The van der Waals surface area contributed by atoms with Crippen LogP contribution in [-0.4, -0.2) is 42.8 Å². The number of hydrogen-bond acceptors (Lipinski definition) is 5. The third kappa shape index (κ3) is 8.12. The summed E-state index contributed by atoms with van der Waals surface area (Å²) in [7, 11) is 1.57. The van der Waals surface area contributed by atoms with Gasteiger partial charge in [0.05, 0.1) is 17.3 Å². The first-order valence-electron chi connectivity index (χ1n) is 13.7. The molecule has 0 aliphatic heterocycles. The molecule has 0 bridgehead atoms. The van der Waals surface area contributed by atoms with Gasteiger partial charge in [-0.15, -0.1) is 0 Å². The number of aryl methyl sites for hydroxylation is 1. The van der Waals surface area contributed by atoms with E-state index in [0.29, 0.717) is 34.1 Å². The molecule has 1 heterocycles. The zero-order valence-corrected chi connectivity index (χ0v) is 25.6. The van der Waals surface area contributed by atoms with Gasteiger partial charge in [0.25, 0.3) is 5.91 Å². The van der Waals surface area contributed by atoms with Crippen molar-refractivity contribution >= 4 is 63.6 Å². The molecule has 0 saturated heterocycles. The molecule has 0 atom stereocenters. The fourth-order valence-electron chi connectivity index (χ4n) is 4.19. The fraction of sp³-hybridized carbons (Fsp3) is 0.212. The Bertz CT molecular complexity index is 1670. The number of carbonyl (C=O) groups excluding carboxylic acids is 3. The van der Waals surface area contributed by atoms with E-state index in [1.807, 2.05) is 44.2 Å². The number of anilines is 1. The summed E-state index contributed by atoms with van der Waals surface area (Å²) in [6.07, 6.45) is 3.79. The van der Waals surface area contributed by atoms with Gasteiger partial charge >= 0.3 is 0 Å². The van der Waals surface area contributed by atoms with E-state index in [2.05, 4.69) is 15.6 Å². The van der Waals surface area contributed by atoms with Crippen LogP contribution in [0.15, 0.2) is 72.8 Å². The lowest BCUT2D eigenvalue weighted by Crippen LogP contribution is -2.37. The summed E-state index contributed by atoms with van der Waals surface area (Å²) >= 11 is 13.2. The van der Waals surface area contributed by atoms with Crippen molar-refractivity contribution in [2.24, 2.45) is 0 Å². The van der Waals surface area contributed by atoms with E-state index < -0.39 is 5.91 Å². The Morgan fingerprint density at radius 2 is 1.74 bits per heavy atom.